The summed E-state index contributed by atoms with van der Waals surface area (Å²) in [5.41, 5.74) is 6.41. The maximum Gasteiger partial charge on any atom is 0.256 e. The van der Waals surface area contributed by atoms with Crippen LogP contribution in [0.15, 0.2) is 30.9 Å². The molecule has 0 saturated heterocycles. The van der Waals surface area contributed by atoms with Crippen LogP contribution in [0, 0.1) is 0 Å². The van der Waals surface area contributed by atoms with Gasteiger partial charge in [0, 0.05) is 22.8 Å². The second-order valence-corrected chi connectivity index (χ2v) is 5.54. The number of nitrogens with zero attached hydrogens (tertiary/aromatic N) is 1. The van der Waals surface area contributed by atoms with Crippen molar-refractivity contribution in [3.05, 3.63) is 41.4 Å². The van der Waals surface area contributed by atoms with Crippen molar-refractivity contribution in [2.75, 3.05) is 12.3 Å². The lowest BCUT2D eigenvalue weighted by Crippen LogP contribution is -2.45. The highest BCUT2D eigenvalue weighted by molar-refractivity contribution is 6.31. The number of rotatable bonds is 3. The van der Waals surface area contributed by atoms with Gasteiger partial charge in [-0.25, -0.2) is 0 Å². The van der Waals surface area contributed by atoms with Crippen molar-refractivity contribution in [2.45, 2.75) is 26.3 Å². The van der Waals surface area contributed by atoms with Gasteiger partial charge in [-0.05, 0) is 39.0 Å². The number of nitrogens with two attached hydrogens (primary N) is 1. The molecule has 0 heterocycles. The fourth-order valence-corrected chi connectivity index (χ4v) is 1.84. The van der Waals surface area contributed by atoms with Crippen molar-refractivity contribution < 1.29 is 4.79 Å². The second kappa shape index (κ2) is 5.44. The van der Waals surface area contributed by atoms with Crippen LogP contribution in [0.25, 0.3) is 0 Å². The highest BCUT2D eigenvalue weighted by atomic mass is 35.5. The Labute approximate surface area is 113 Å². The number of carbonyl (C=O) groups is 1. The number of anilines is 1. The molecule has 0 aliphatic carbocycles. The molecule has 0 radical (unpaired) electrons. The third-order valence-electron chi connectivity index (χ3n) is 2.61. The second-order valence-electron chi connectivity index (χ2n) is 5.11. The molecule has 1 amide bonds. The molecule has 1 rings (SSSR count). The molecule has 0 bridgehead atoms. The standard InChI is InChI=1S/C14H19ClN2O/c1-5-8-17(14(2,3)4)13(18)11-7-6-10(15)9-12(11)16/h5-7,9H,1,8,16H2,2-4H3. The molecule has 18 heavy (non-hydrogen) atoms. The average molecular weight is 267 g/mol. The van der Waals surface area contributed by atoms with Crippen LogP contribution in [0.4, 0.5) is 5.69 Å². The molecule has 3 nitrogen and oxygen atoms in total. The maximum atomic E-state index is 12.5. The summed E-state index contributed by atoms with van der Waals surface area (Å²) in [7, 11) is 0. The molecule has 0 saturated carbocycles. The third kappa shape index (κ3) is 3.26. The highest BCUT2D eigenvalue weighted by Crippen LogP contribution is 2.23. The van der Waals surface area contributed by atoms with Crippen LogP contribution in [-0.2, 0) is 0 Å². The van der Waals surface area contributed by atoms with Crippen molar-refractivity contribution >= 4 is 23.2 Å². The van der Waals surface area contributed by atoms with E-state index < -0.39 is 0 Å². The smallest absolute Gasteiger partial charge is 0.256 e. The molecule has 0 fully saturated rings. The van der Waals surface area contributed by atoms with Crippen LogP contribution < -0.4 is 5.73 Å². The minimum absolute atomic E-state index is 0.114. The molecule has 4 heteroatoms. The van der Waals surface area contributed by atoms with Crippen molar-refractivity contribution in [1.82, 2.24) is 4.90 Å². The van der Waals surface area contributed by atoms with Gasteiger partial charge in [-0.2, -0.15) is 0 Å². The van der Waals surface area contributed by atoms with Crippen molar-refractivity contribution in [2.24, 2.45) is 0 Å². The van der Waals surface area contributed by atoms with Crippen molar-refractivity contribution in [3.63, 3.8) is 0 Å². The minimum Gasteiger partial charge on any atom is -0.398 e. The van der Waals surface area contributed by atoms with Crippen LogP contribution in [-0.4, -0.2) is 22.9 Å². The van der Waals surface area contributed by atoms with Gasteiger partial charge in [-0.3, -0.25) is 4.79 Å². The number of hydrogen-bond acceptors (Lipinski definition) is 2. The first-order valence-corrected chi connectivity index (χ1v) is 6.13. The predicted molar refractivity (Wildman–Crippen MR) is 76.9 cm³/mol. The maximum absolute atomic E-state index is 12.5. The van der Waals surface area contributed by atoms with Gasteiger partial charge in [0.05, 0.1) is 5.56 Å². The lowest BCUT2D eigenvalue weighted by Gasteiger charge is -2.35. The first-order chi connectivity index (χ1) is 8.27. The van der Waals surface area contributed by atoms with E-state index in [1.165, 1.54) is 0 Å². The van der Waals surface area contributed by atoms with E-state index in [0.29, 0.717) is 22.8 Å². The topological polar surface area (TPSA) is 46.3 Å². The molecule has 0 aliphatic rings. The first-order valence-electron chi connectivity index (χ1n) is 5.75. The predicted octanol–water partition coefficient (Wildman–Crippen LogP) is 3.35. The molecule has 0 unspecified atom stereocenters. The Morgan fingerprint density at radius 3 is 2.56 bits per heavy atom. The molecular formula is C14H19ClN2O. The quantitative estimate of drug-likeness (QED) is 0.674. The van der Waals surface area contributed by atoms with E-state index >= 15 is 0 Å². The van der Waals surface area contributed by atoms with Crippen LogP contribution in [0.1, 0.15) is 31.1 Å². The summed E-state index contributed by atoms with van der Waals surface area (Å²) >= 11 is 5.83. The van der Waals surface area contributed by atoms with Gasteiger partial charge in [0.15, 0.2) is 0 Å². The molecular weight excluding hydrogens is 248 g/mol. The monoisotopic (exact) mass is 266 g/mol. The van der Waals surface area contributed by atoms with Crippen molar-refractivity contribution in [3.8, 4) is 0 Å². The van der Waals surface area contributed by atoms with Gasteiger partial charge in [0.2, 0.25) is 0 Å². The van der Waals surface area contributed by atoms with E-state index in [1.54, 1.807) is 29.2 Å². The minimum atomic E-state index is -0.294. The number of benzene rings is 1. The zero-order valence-electron chi connectivity index (χ0n) is 11.0. The lowest BCUT2D eigenvalue weighted by molar-refractivity contribution is 0.0618. The van der Waals surface area contributed by atoms with E-state index in [2.05, 4.69) is 6.58 Å². The van der Waals surface area contributed by atoms with Gasteiger partial charge in [-0.15, -0.1) is 6.58 Å². The van der Waals surface area contributed by atoms with Gasteiger partial charge in [0.1, 0.15) is 0 Å². The van der Waals surface area contributed by atoms with E-state index in [4.69, 9.17) is 17.3 Å². The Kier molecular flexibility index (Phi) is 4.41. The van der Waals surface area contributed by atoms with Crippen LogP contribution >= 0.6 is 11.6 Å². The number of nitrogen functional groups attached to an aromatic ring is 1. The summed E-state index contributed by atoms with van der Waals surface area (Å²) in [4.78, 5) is 14.2. The van der Waals surface area contributed by atoms with Gasteiger partial charge < -0.3 is 10.6 Å². The number of halogens is 1. The number of carbonyl (C=O) groups excluding carboxylic acids is 1. The Balaban J connectivity index is 3.14. The van der Waals surface area contributed by atoms with Crippen LogP contribution in [0.3, 0.4) is 0 Å². The Hall–Kier alpha value is -1.48. The molecule has 1 aromatic rings. The average Bonchev–Trinajstić information content (AvgIpc) is 2.23. The Bertz CT molecular complexity index is 463. The SMILES string of the molecule is C=CCN(C(=O)c1ccc(Cl)cc1N)C(C)(C)C. The zero-order valence-corrected chi connectivity index (χ0v) is 11.8. The summed E-state index contributed by atoms with van der Waals surface area (Å²) in [6.07, 6.45) is 1.70. The van der Waals surface area contributed by atoms with Crippen LogP contribution in [0.5, 0.6) is 0 Å². The zero-order chi connectivity index (χ0) is 13.9. The molecule has 98 valence electrons. The summed E-state index contributed by atoms with van der Waals surface area (Å²) in [5, 5.41) is 0.523. The van der Waals surface area contributed by atoms with Crippen molar-refractivity contribution in [1.29, 1.82) is 0 Å². The number of hydrogen-bond donors (Lipinski definition) is 1. The van der Waals surface area contributed by atoms with Crippen LogP contribution in [0.2, 0.25) is 5.02 Å². The summed E-state index contributed by atoms with van der Waals surface area (Å²) in [6.45, 7) is 10.1. The summed E-state index contributed by atoms with van der Waals surface area (Å²) in [5.74, 6) is -0.114. The largest absolute Gasteiger partial charge is 0.398 e. The summed E-state index contributed by atoms with van der Waals surface area (Å²) < 4.78 is 0. The Morgan fingerprint density at radius 1 is 1.50 bits per heavy atom. The normalized spacial score (nSPS) is 11.1. The molecule has 2 N–H and O–H groups in total. The van der Waals surface area contributed by atoms with E-state index in [9.17, 15) is 4.79 Å². The third-order valence-corrected chi connectivity index (χ3v) is 2.85. The van der Waals surface area contributed by atoms with Gasteiger partial charge in [0.25, 0.3) is 5.91 Å². The van der Waals surface area contributed by atoms with E-state index in [1.807, 2.05) is 20.8 Å². The first kappa shape index (κ1) is 14.6. The van der Waals surface area contributed by atoms with E-state index in [-0.39, 0.29) is 11.4 Å². The lowest BCUT2D eigenvalue weighted by atomic mass is 10.0. The summed E-state index contributed by atoms with van der Waals surface area (Å²) in [6, 6.07) is 4.91. The fourth-order valence-electron chi connectivity index (χ4n) is 1.66. The molecule has 0 atom stereocenters. The van der Waals surface area contributed by atoms with Gasteiger partial charge >= 0.3 is 0 Å². The fraction of sp³-hybridized carbons (Fsp3) is 0.357. The molecule has 1 aromatic carbocycles. The molecule has 0 aromatic heterocycles. The molecule has 0 aliphatic heterocycles. The molecule has 0 spiro atoms. The van der Waals surface area contributed by atoms with Gasteiger partial charge in [-0.1, -0.05) is 17.7 Å². The highest BCUT2D eigenvalue weighted by Gasteiger charge is 2.27. The van der Waals surface area contributed by atoms with E-state index in [0.717, 1.165) is 0 Å². The number of amides is 1. The Morgan fingerprint density at radius 2 is 2.11 bits per heavy atom.